The van der Waals surface area contributed by atoms with Crippen molar-refractivity contribution in [2.75, 3.05) is 23.0 Å². The van der Waals surface area contributed by atoms with E-state index in [0.29, 0.717) is 11.7 Å². The summed E-state index contributed by atoms with van der Waals surface area (Å²) in [6.07, 6.45) is 0. The fraction of sp³-hybridized carbons (Fsp3) is 0.533. The van der Waals surface area contributed by atoms with Gasteiger partial charge in [0.1, 0.15) is 6.61 Å². The van der Waals surface area contributed by atoms with Crippen molar-refractivity contribution < 1.29 is 9.90 Å². The van der Waals surface area contributed by atoms with Crippen LogP contribution in [0.1, 0.15) is 27.7 Å². The molecule has 0 saturated heterocycles. The Hall–Kier alpha value is -1.20. The zero-order valence-electron chi connectivity index (χ0n) is 12.6. The number of rotatable bonds is 6. The highest BCUT2D eigenvalue weighted by Gasteiger charge is 2.13. The quantitative estimate of drug-likeness (QED) is 0.755. The number of hydrogen-bond donors (Lipinski definition) is 3. The van der Waals surface area contributed by atoms with E-state index in [1.54, 1.807) is 6.07 Å². The first kappa shape index (κ1) is 16.9. The Morgan fingerprint density at radius 1 is 1.35 bits per heavy atom. The van der Waals surface area contributed by atoms with Crippen LogP contribution in [0, 0.1) is 0 Å². The molecule has 0 radical (unpaired) electrons. The number of hydrogen-bond acceptors (Lipinski definition) is 4. The van der Waals surface area contributed by atoms with Crippen LogP contribution in [0.5, 0.6) is 0 Å². The number of anilines is 2. The highest BCUT2D eigenvalue weighted by molar-refractivity contribution is 8.00. The lowest BCUT2D eigenvalue weighted by Crippen LogP contribution is -2.22. The Kier molecular flexibility index (Phi) is 6.36. The summed E-state index contributed by atoms with van der Waals surface area (Å²) in [6, 6.07) is 7.84. The number of carbonyl (C=O) groups is 1. The molecule has 0 fully saturated rings. The number of benzene rings is 1. The lowest BCUT2D eigenvalue weighted by atomic mass is 10.2. The first-order valence-corrected chi connectivity index (χ1v) is 7.70. The van der Waals surface area contributed by atoms with Gasteiger partial charge in [-0.05, 0) is 25.1 Å². The number of thioether (sulfide) groups is 1. The fourth-order valence-electron chi connectivity index (χ4n) is 1.59. The van der Waals surface area contributed by atoms with Gasteiger partial charge in [0.25, 0.3) is 0 Å². The molecule has 0 saturated carbocycles. The Morgan fingerprint density at radius 3 is 2.60 bits per heavy atom. The molecule has 1 rings (SSSR count). The summed E-state index contributed by atoms with van der Waals surface area (Å²) in [6.45, 7) is 8.24. The SMILES string of the molecule is CC(CSC(C)(C)C)Nc1cccc(NC(=O)CO)c1. The van der Waals surface area contributed by atoms with Gasteiger partial charge in [0.2, 0.25) is 5.91 Å². The van der Waals surface area contributed by atoms with Crippen molar-refractivity contribution in [2.45, 2.75) is 38.5 Å². The second-order valence-corrected chi connectivity index (χ2v) is 7.60. The van der Waals surface area contributed by atoms with Gasteiger partial charge in [0, 0.05) is 27.9 Å². The van der Waals surface area contributed by atoms with Gasteiger partial charge in [-0.15, -0.1) is 0 Å². The Bertz CT molecular complexity index is 444. The predicted octanol–water partition coefficient (Wildman–Crippen LogP) is 2.95. The molecule has 1 aromatic carbocycles. The lowest BCUT2D eigenvalue weighted by Gasteiger charge is -2.22. The van der Waals surface area contributed by atoms with E-state index >= 15 is 0 Å². The van der Waals surface area contributed by atoms with Gasteiger partial charge in [-0.1, -0.05) is 26.8 Å². The van der Waals surface area contributed by atoms with E-state index < -0.39 is 12.5 Å². The maximum absolute atomic E-state index is 11.1. The molecule has 0 aliphatic heterocycles. The molecule has 3 N–H and O–H groups in total. The Balaban J connectivity index is 2.55. The molecule has 1 aromatic rings. The zero-order chi connectivity index (χ0) is 15.2. The molecule has 4 nitrogen and oxygen atoms in total. The van der Waals surface area contributed by atoms with E-state index in [0.717, 1.165) is 11.4 Å². The highest BCUT2D eigenvalue weighted by Crippen LogP contribution is 2.25. The molecule has 0 aliphatic carbocycles. The summed E-state index contributed by atoms with van der Waals surface area (Å²) in [4.78, 5) is 11.1. The van der Waals surface area contributed by atoms with Gasteiger partial charge in [-0.3, -0.25) is 4.79 Å². The largest absolute Gasteiger partial charge is 0.387 e. The predicted molar refractivity (Wildman–Crippen MR) is 87.5 cm³/mol. The van der Waals surface area contributed by atoms with Crippen molar-refractivity contribution in [2.24, 2.45) is 0 Å². The molecular weight excluding hydrogens is 272 g/mol. The van der Waals surface area contributed by atoms with Crippen molar-refractivity contribution in [1.29, 1.82) is 0 Å². The number of aliphatic hydroxyl groups excluding tert-OH is 1. The topological polar surface area (TPSA) is 61.4 Å². The summed E-state index contributed by atoms with van der Waals surface area (Å²) in [5, 5.41) is 14.8. The fourth-order valence-corrected chi connectivity index (χ4v) is 2.42. The summed E-state index contributed by atoms with van der Waals surface area (Å²) < 4.78 is 0.257. The number of aliphatic hydroxyl groups is 1. The maximum atomic E-state index is 11.1. The second-order valence-electron chi connectivity index (χ2n) is 5.76. The smallest absolute Gasteiger partial charge is 0.250 e. The van der Waals surface area contributed by atoms with E-state index in [1.807, 2.05) is 30.0 Å². The van der Waals surface area contributed by atoms with Crippen LogP contribution in [-0.2, 0) is 4.79 Å². The average molecular weight is 296 g/mol. The maximum Gasteiger partial charge on any atom is 0.250 e. The molecule has 112 valence electrons. The van der Waals surface area contributed by atoms with Crippen LogP contribution in [0.15, 0.2) is 24.3 Å². The molecule has 5 heteroatoms. The number of nitrogens with one attached hydrogen (secondary N) is 2. The second kappa shape index (κ2) is 7.55. The molecule has 1 atom stereocenters. The zero-order valence-corrected chi connectivity index (χ0v) is 13.4. The molecule has 1 unspecified atom stereocenters. The molecule has 0 heterocycles. The Morgan fingerprint density at radius 2 is 2.00 bits per heavy atom. The van der Waals surface area contributed by atoms with Gasteiger partial charge >= 0.3 is 0 Å². The van der Waals surface area contributed by atoms with E-state index in [-0.39, 0.29) is 4.75 Å². The van der Waals surface area contributed by atoms with Crippen LogP contribution in [0.4, 0.5) is 11.4 Å². The van der Waals surface area contributed by atoms with Crippen LogP contribution < -0.4 is 10.6 Å². The lowest BCUT2D eigenvalue weighted by molar-refractivity contribution is -0.118. The number of carbonyl (C=O) groups excluding carboxylic acids is 1. The Labute approximate surface area is 125 Å². The van der Waals surface area contributed by atoms with Crippen LogP contribution in [0.2, 0.25) is 0 Å². The minimum absolute atomic E-state index is 0.257. The third-order valence-corrected chi connectivity index (χ3v) is 4.00. The molecular formula is C15H24N2O2S. The molecule has 0 aromatic heterocycles. The van der Waals surface area contributed by atoms with E-state index in [9.17, 15) is 4.79 Å². The third kappa shape index (κ3) is 6.82. The monoisotopic (exact) mass is 296 g/mol. The molecule has 0 spiro atoms. The standard InChI is InChI=1S/C15H24N2O2S/c1-11(10-20-15(2,3)4)16-12-6-5-7-13(8-12)17-14(19)9-18/h5-8,11,16,18H,9-10H2,1-4H3,(H,17,19). The number of amides is 1. The van der Waals surface area contributed by atoms with Gasteiger partial charge < -0.3 is 15.7 Å². The minimum Gasteiger partial charge on any atom is -0.387 e. The van der Waals surface area contributed by atoms with Crippen molar-refractivity contribution in [3.8, 4) is 0 Å². The normalized spacial score (nSPS) is 12.8. The van der Waals surface area contributed by atoms with Gasteiger partial charge in [0.05, 0.1) is 0 Å². The summed E-state index contributed by atoms with van der Waals surface area (Å²) in [7, 11) is 0. The van der Waals surface area contributed by atoms with E-state index in [4.69, 9.17) is 5.11 Å². The van der Waals surface area contributed by atoms with Gasteiger partial charge in [0.15, 0.2) is 0 Å². The van der Waals surface area contributed by atoms with E-state index in [2.05, 4.69) is 38.3 Å². The van der Waals surface area contributed by atoms with Crippen molar-refractivity contribution in [1.82, 2.24) is 0 Å². The first-order valence-electron chi connectivity index (χ1n) is 6.71. The average Bonchev–Trinajstić information content (AvgIpc) is 2.36. The van der Waals surface area contributed by atoms with Gasteiger partial charge in [-0.2, -0.15) is 11.8 Å². The summed E-state index contributed by atoms with van der Waals surface area (Å²) >= 11 is 1.91. The van der Waals surface area contributed by atoms with Gasteiger partial charge in [-0.25, -0.2) is 0 Å². The van der Waals surface area contributed by atoms with Crippen LogP contribution in [-0.4, -0.2) is 34.2 Å². The first-order chi connectivity index (χ1) is 9.30. The van der Waals surface area contributed by atoms with Crippen molar-refractivity contribution in [3.05, 3.63) is 24.3 Å². The van der Waals surface area contributed by atoms with Crippen LogP contribution in [0.25, 0.3) is 0 Å². The molecule has 20 heavy (non-hydrogen) atoms. The molecule has 0 aliphatic rings. The third-order valence-electron chi connectivity index (χ3n) is 2.47. The van der Waals surface area contributed by atoms with Crippen molar-refractivity contribution in [3.63, 3.8) is 0 Å². The van der Waals surface area contributed by atoms with Crippen LogP contribution >= 0.6 is 11.8 Å². The van der Waals surface area contributed by atoms with Crippen LogP contribution in [0.3, 0.4) is 0 Å². The summed E-state index contributed by atoms with van der Waals surface area (Å²) in [5.41, 5.74) is 1.65. The van der Waals surface area contributed by atoms with E-state index in [1.165, 1.54) is 0 Å². The minimum atomic E-state index is -0.504. The molecule has 1 amide bonds. The molecule has 0 bridgehead atoms. The van der Waals surface area contributed by atoms with Crippen molar-refractivity contribution >= 4 is 29.0 Å². The summed E-state index contributed by atoms with van der Waals surface area (Å²) in [5.74, 6) is 0.606. The highest BCUT2D eigenvalue weighted by atomic mass is 32.2.